The van der Waals surface area contributed by atoms with Crippen LogP contribution in [0.1, 0.15) is 48.0 Å². The van der Waals surface area contributed by atoms with E-state index in [0.717, 1.165) is 45.7 Å². The number of ether oxygens (including phenoxy) is 1. The molecule has 2 atom stereocenters. The average Bonchev–Trinajstić information content (AvgIpc) is 3.04. The summed E-state index contributed by atoms with van der Waals surface area (Å²) < 4.78 is 7.16. The lowest BCUT2D eigenvalue weighted by Crippen LogP contribution is -2.39. The smallest absolute Gasteiger partial charge is 0.216 e. The molecule has 1 fully saturated rings. The first-order valence-electron chi connectivity index (χ1n) is 9.91. The third-order valence-electron chi connectivity index (χ3n) is 5.32. The van der Waals surface area contributed by atoms with Crippen molar-refractivity contribution in [1.29, 1.82) is 0 Å². The van der Waals surface area contributed by atoms with Crippen LogP contribution in [-0.2, 0) is 0 Å². The van der Waals surface area contributed by atoms with Crippen molar-refractivity contribution in [2.75, 3.05) is 19.7 Å². The van der Waals surface area contributed by atoms with Gasteiger partial charge in [0.05, 0.1) is 22.0 Å². The zero-order valence-corrected chi connectivity index (χ0v) is 17.8. The van der Waals surface area contributed by atoms with E-state index < -0.39 is 0 Å². The van der Waals surface area contributed by atoms with Gasteiger partial charge in [0.2, 0.25) is 5.88 Å². The highest BCUT2D eigenvalue weighted by molar-refractivity contribution is 7.18. The van der Waals surface area contributed by atoms with Gasteiger partial charge in [-0.15, -0.1) is 11.3 Å². The summed E-state index contributed by atoms with van der Waals surface area (Å²) in [6, 6.07) is 6.49. The first-order valence-corrected chi connectivity index (χ1v) is 10.7. The Bertz CT molecular complexity index is 952. The number of aromatic nitrogens is 4. The molecule has 0 saturated carbocycles. The van der Waals surface area contributed by atoms with Gasteiger partial charge in [-0.1, -0.05) is 0 Å². The number of likely N-dealkylation sites (tertiary alicyclic amines) is 1. The van der Waals surface area contributed by atoms with Gasteiger partial charge < -0.3 is 4.74 Å². The molecular weight excluding hydrogens is 370 g/mol. The summed E-state index contributed by atoms with van der Waals surface area (Å²) in [6.45, 7) is 11.0. The molecule has 1 aliphatic rings. The molecule has 7 heteroatoms. The van der Waals surface area contributed by atoms with Crippen LogP contribution in [0.3, 0.4) is 0 Å². The van der Waals surface area contributed by atoms with E-state index in [-0.39, 0.29) is 6.04 Å². The van der Waals surface area contributed by atoms with E-state index >= 15 is 0 Å². The minimum absolute atomic E-state index is 0.276. The minimum atomic E-state index is 0.276. The summed E-state index contributed by atoms with van der Waals surface area (Å²) in [5, 5.41) is 1.07. The Balaban J connectivity index is 1.40. The molecule has 148 valence electrons. The van der Waals surface area contributed by atoms with Crippen LogP contribution < -0.4 is 4.74 Å². The zero-order chi connectivity index (χ0) is 19.7. The molecule has 4 heterocycles. The molecule has 28 heavy (non-hydrogen) atoms. The van der Waals surface area contributed by atoms with Crippen LogP contribution in [0.2, 0.25) is 0 Å². The molecule has 1 saturated heterocycles. The lowest BCUT2D eigenvalue weighted by Gasteiger charge is -2.36. The van der Waals surface area contributed by atoms with Crippen LogP contribution in [0.5, 0.6) is 5.88 Å². The van der Waals surface area contributed by atoms with Gasteiger partial charge in [0.25, 0.3) is 0 Å². The van der Waals surface area contributed by atoms with Gasteiger partial charge in [-0.2, -0.15) is 4.98 Å². The second kappa shape index (κ2) is 8.09. The van der Waals surface area contributed by atoms with Crippen molar-refractivity contribution in [1.82, 2.24) is 24.8 Å². The molecule has 4 rings (SSSR count). The molecule has 0 N–H and O–H groups in total. The van der Waals surface area contributed by atoms with Crippen LogP contribution in [0.15, 0.2) is 18.2 Å². The maximum Gasteiger partial charge on any atom is 0.216 e. The summed E-state index contributed by atoms with van der Waals surface area (Å²) in [6.07, 6.45) is 2.36. The number of rotatable bonds is 5. The Kier molecular flexibility index (Phi) is 5.55. The molecule has 0 aromatic carbocycles. The van der Waals surface area contributed by atoms with Gasteiger partial charge in [0.15, 0.2) is 5.65 Å². The average molecular weight is 398 g/mol. The molecule has 0 unspecified atom stereocenters. The number of thiazole rings is 1. The second-order valence-electron chi connectivity index (χ2n) is 7.68. The van der Waals surface area contributed by atoms with E-state index in [4.69, 9.17) is 9.72 Å². The van der Waals surface area contributed by atoms with E-state index in [1.165, 1.54) is 12.8 Å². The molecule has 0 radical (unpaired) electrons. The van der Waals surface area contributed by atoms with E-state index in [2.05, 4.69) is 38.9 Å². The normalized spacial score (nSPS) is 19.1. The second-order valence-corrected chi connectivity index (χ2v) is 8.91. The first-order chi connectivity index (χ1) is 13.5. The largest absolute Gasteiger partial charge is 0.477 e. The highest BCUT2D eigenvalue weighted by Crippen LogP contribution is 2.28. The SMILES string of the molecule is Cc1cc(OC[C@H]2CCCN([C@H](C)c3ccc4sc(C)nc4n3)C2)nc(C)n1. The minimum Gasteiger partial charge on any atom is -0.477 e. The van der Waals surface area contributed by atoms with Crippen molar-refractivity contribution < 1.29 is 4.74 Å². The highest BCUT2D eigenvalue weighted by Gasteiger charge is 2.26. The van der Waals surface area contributed by atoms with Gasteiger partial charge in [-0.3, -0.25) is 4.90 Å². The molecule has 0 aliphatic carbocycles. The summed E-state index contributed by atoms with van der Waals surface area (Å²) in [7, 11) is 0. The Morgan fingerprint density at radius 3 is 2.86 bits per heavy atom. The number of aryl methyl sites for hydroxylation is 3. The summed E-state index contributed by atoms with van der Waals surface area (Å²) in [4.78, 5) is 20.6. The zero-order valence-electron chi connectivity index (χ0n) is 17.0. The maximum atomic E-state index is 6.00. The van der Waals surface area contributed by atoms with E-state index in [1.807, 2.05) is 26.8 Å². The van der Waals surface area contributed by atoms with E-state index in [0.29, 0.717) is 18.4 Å². The van der Waals surface area contributed by atoms with E-state index in [9.17, 15) is 0 Å². The van der Waals surface area contributed by atoms with Crippen LogP contribution in [0.4, 0.5) is 0 Å². The van der Waals surface area contributed by atoms with Gasteiger partial charge in [-0.05, 0) is 59.2 Å². The van der Waals surface area contributed by atoms with Crippen molar-refractivity contribution >= 4 is 21.7 Å². The fourth-order valence-corrected chi connectivity index (χ4v) is 4.68. The molecule has 0 amide bonds. The van der Waals surface area contributed by atoms with Crippen molar-refractivity contribution in [2.45, 2.75) is 46.6 Å². The predicted molar refractivity (Wildman–Crippen MR) is 112 cm³/mol. The van der Waals surface area contributed by atoms with Gasteiger partial charge >= 0.3 is 0 Å². The molecule has 6 nitrogen and oxygen atoms in total. The standard InChI is InChI=1S/C21H27N5OS/c1-13-10-20(23-15(3)22-13)27-12-17-6-5-9-26(11-17)14(2)18-7-8-19-21(25-18)24-16(4)28-19/h7-8,10,14,17H,5-6,9,11-12H2,1-4H3/t14-,17+/m1/s1. The maximum absolute atomic E-state index is 6.00. The number of fused-ring (bicyclic) bond motifs is 1. The first kappa shape index (κ1) is 19.2. The molecule has 1 aliphatic heterocycles. The number of nitrogens with zero attached hydrogens (tertiary/aromatic N) is 5. The molecule has 0 bridgehead atoms. The van der Waals surface area contributed by atoms with Crippen molar-refractivity contribution in [3.63, 3.8) is 0 Å². The van der Waals surface area contributed by atoms with E-state index in [1.54, 1.807) is 11.3 Å². The molecule has 3 aromatic heterocycles. The fourth-order valence-electron chi connectivity index (χ4n) is 3.91. The van der Waals surface area contributed by atoms with Gasteiger partial charge in [0, 0.05) is 30.3 Å². The lowest BCUT2D eigenvalue weighted by atomic mass is 9.97. The van der Waals surface area contributed by atoms with Crippen molar-refractivity contribution in [2.24, 2.45) is 5.92 Å². The number of piperidine rings is 1. The monoisotopic (exact) mass is 397 g/mol. The molecule has 3 aromatic rings. The summed E-state index contributed by atoms with van der Waals surface area (Å²) in [5.41, 5.74) is 2.92. The summed E-state index contributed by atoms with van der Waals surface area (Å²) >= 11 is 1.70. The number of pyridine rings is 1. The Morgan fingerprint density at radius 2 is 2.04 bits per heavy atom. The van der Waals surface area contributed by atoms with Crippen molar-refractivity contribution in [3.8, 4) is 5.88 Å². The lowest BCUT2D eigenvalue weighted by molar-refractivity contribution is 0.0978. The Morgan fingerprint density at radius 1 is 1.18 bits per heavy atom. The van der Waals surface area contributed by atoms with Crippen molar-refractivity contribution in [3.05, 3.63) is 40.4 Å². The van der Waals surface area contributed by atoms with Crippen LogP contribution in [-0.4, -0.2) is 44.5 Å². The topological polar surface area (TPSA) is 64.0 Å². The van der Waals surface area contributed by atoms with Crippen LogP contribution in [0.25, 0.3) is 10.3 Å². The highest BCUT2D eigenvalue weighted by atomic mass is 32.1. The van der Waals surface area contributed by atoms with Gasteiger partial charge in [0.1, 0.15) is 5.82 Å². The quantitative estimate of drug-likeness (QED) is 0.641. The number of hydrogen-bond donors (Lipinski definition) is 0. The third-order valence-corrected chi connectivity index (χ3v) is 6.24. The van der Waals surface area contributed by atoms with Crippen LogP contribution >= 0.6 is 11.3 Å². The number of hydrogen-bond acceptors (Lipinski definition) is 7. The summed E-state index contributed by atoms with van der Waals surface area (Å²) in [5.74, 6) is 1.94. The van der Waals surface area contributed by atoms with Gasteiger partial charge in [-0.25, -0.2) is 15.0 Å². The Hall–Kier alpha value is -2.12. The molecule has 0 spiro atoms. The third kappa shape index (κ3) is 4.31. The fraction of sp³-hybridized carbons (Fsp3) is 0.524. The molecular formula is C21H27N5OS. The Labute approximate surface area is 170 Å². The predicted octanol–water partition coefficient (Wildman–Crippen LogP) is 4.26. The van der Waals surface area contributed by atoms with Crippen LogP contribution in [0, 0.1) is 26.7 Å².